The Morgan fingerprint density at radius 3 is 2.67 bits per heavy atom. The number of rotatable bonds is 5. The van der Waals surface area contributed by atoms with Crippen molar-refractivity contribution in [2.24, 2.45) is 5.92 Å². The van der Waals surface area contributed by atoms with Crippen molar-refractivity contribution < 1.29 is 19.1 Å². The quantitative estimate of drug-likeness (QED) is 0.891. The van der Waals surface area contributed by atoms with Crippen LogP contribution < -0.4 is 5.32 Å². The van der Waals surface area contributed by atoms with E-state index in [2.05, 4.69) is 5.32 Å². The highest BCUT2D eigenvalue weighted by Crippen LogP contribution is 2.26. The van der Waals surface area contributed by atoms with Crippen molar-refractivity contribution in [2.45, 2.75) is 26.3 Å². The van der Waals surface area contributed by atoms with Crippen molar-refractivity contribution in [3.05, 3.63) is 35.0 Å². The Hall–Kier alpha value is -1.95. The summed E-state index contributed by atoms with van der Waals surface area (Å²) in [6.45, 7) is 3.79. The molecule has 112 valence electrons. The number of carbonyl (C=O) groups excluding carboxylic acids is 1. The first-order valence-electron chi connectivity index (χ1n) is 6.59. The number of benzene rings is 1. The Kier molecular flexibility index (Phi) is 4.57. The number of halogens is 1. The van der Waals surface area contributed by atoms with Crippen molar-refractivity contribution in [1.82, 2.24) is 5.32 Å². The van der Waals surface area contributed by atoms with Gasteiger partial charge in [-0.3, -0.25) is 4.79 Å². The molecule has 1 atom stereocenters. The fraction of sp³-hybridized carbons (Fsp3) is 0.333. The van der Waals surface area contributed by atoms with Crippen LogP contribution in [0, 0.1) is 11.7 Å². The van der Waals surface area contributed by atoms with Crippen molar-refractivity contribution >= 4 is 33.3 Å². The van der Waals surface area contributed by atoms with Crippen molar-refractivity contribution in [2.75, 3.05) is 0 Å². The van der Waals surface area contributed by atoms with Crippen LogP contribution in [0.2, 0.25) is 0 Å². The lowest BCUT2D eigenvalue weighted by Gasteiger charge is -2.15. The highest BCUT2D eigenvalue weighted by atomic mass is 32.1. The van der Waals surface area contributed by atoms with Crippen LogP contribution in [0.15, 0.2) is 24.3 Å². The van der Waals surface area contributed by atoms with Gasteiger partial charge in [-0.1, -0.05) is 19.9 Å². The second-order valence-corrected chi connectivity index (χ2v) is 6.37. The summed E-state index contributed by atoms with van der Waals surface area (Å²) < 4.78 is 13.8. The summed E-state index contributed by atoms with van der Waals surface area (Å²) in [5.74, 6) is -1.70. The molecule has 0 spiro atoms. The average Bonchev–Trinajstić information content (AvgIpc) is 2.80. The Morgan fingerprint density at radius 1 is 1.33 bits per heavy atom. The van der Waals surface area contributed by atoms with E-state index in [1.165, 1.54) is 12.1 Å². The summed E-state index contributed by atoms with van der Waals surface area (Å²) >= 11 is 1.15. The van der Waals surface area contributed by atoms with E-state index in [0.29, 0.717) is 16.0 Å². The number of nitrogens with one attached hydrogen (secondary N) is 1. The minimum atomic E-state index is -1.05. The monoisotopic (exact) mass is 309 g/mol. The molecule has 21 heavy (non-hydrogen) atoms. The van der Waals surface area contributed by atoms with Gasteiger partial charge in [-0.2, -0.15) is 0 Å². The highest BCUT2D eigenvalue weighted by Gasteiger charge is 2.22. The van der Waals surface area contributed by atoms with Gasteiger partial charge in [0, 0.05) is 4.70 Å². The Labute approximate surface area is 125 Å². The molecular weight excluding hydrogens is 293 g/mol. The number of fused-ring (bicyclic) bond motifs is 1. The highest BCUT2D eigenvalue weighted by molar-refractivity contribution is 7.20. The van der Waals surface area contributed by atoms with Gasteiger partial charge in [-0.05, 0) is 35.9 Å². The summed E-state index contributed by atoms with van der Waals surface area (Å²) in [5, 5.41) is 12.4. The largest absolute Gasteiger partial charge is 0.480 e. The van der Waals surface area contributed by atoms with Crippen LogP contribution in [0.4, 0.5) is 4.39 Å². The number of carboxylic acid groups (broad SMARTS) is 1. The summed E-state index contributed by atoms with van der Waals surface area (Å²) in [6.07, 6.45) is 0.362. The van der Waals surface area contributed by atoms with E-state index in [0.717, 1.165) is 16.7 Å². The second kappa shape index (κ2) is 6.22. The summed E-state index contributed by atoms with van der Waals surface area (Å²) in [7, 11) is 0. The first-order valence-corrected chi connectivity index (χ1v) is 7.41. The predicted octanol–water partition coefficient (Wildman–Crippen LogP) is 3.27. The molecule has 1 heterocycles. The third-order valence-corrected chi connectivity index (χ3v) is 4.11. The molecule has 2 N–H and O–H groups in total. The summed E-state index contributed by atoms with van der Waals surface area (Å²) in [6, 6.07) is 5.01. The number of carboxylic acids is 1. The molecule has 1 unspecified atom stereocenters. The summed E-state index contributed by atoms with van der Waals surface area (Å²) in [5.41, 5.74) is 0. The molecule has 1 aromatic heterocycles. The molecule has 0 bridgehead atoms. The first kappa shape index (κ1) is 15.4. The van der Waals surface area contributed by atoms with Crippen molar-refractivity contribution in [1.29, 1.82) is 0 Å². The molecule has 0 radical (unpaired) electrons. The van der Waals surface area contributed by atoms with Crippen LogP contribution in [0.5, 0.6) is 0 Å². The molecule has 0 fully saturated rings. The number of carbonyl (C=O) groups is 2. The van der Waals surface area contributed by atoms with Gasteiger partial charge in [-0.25, -0.2) is 9.18 Å². The molecule has 4 nitrogen and oxygen atoms in total. The van der Waals surface area contributed by atoms with Gasteiger partial charge in [0.05, 0.1) is 4.88 Å². The topological polar surface area (TPSA) is 66.4 Å². The van der Waals surface area contributed by atoms with Gasteiger partial charge >= 0.3 is 5.97 Å². The standard InChI is InChI=1S/C15H16FNO3S/c1-8(2)5-11(15(19)20)17-14(18)13-6-9-3-4-10(16)7-12(9)21-13/h3-4,6-8,11H,5H2,1-2H3,(H,17,18)(H,19,20). The van der Waals surface area contributed by atoms with E-state index in [1.54, 1.807) is 12.1 Å². The lowest BCUT2D eigenvalue weighted by Crippen LogP contribution is -2.41. The molecule has 1 aromatic carbocycles. The molecule has 0 saturated carbocycles. The maximum absolute atomic E-state index is 13.1. The molecule has 0 saturated heterocycles. The lowest BCUT2D eigenvalue weighted by atomic mass is 10.0. The normalized spacial score (nSPS) is 12.6. The molecule has 2 rings (SSSR count). The molecule has 0 aliphatic carbocycles. The van der Waals surface area contributed by atoms with E-state index in [1.807, 2.05) is 13.8 Å². The van der Waals surface area contributed by atoms with Crippen molar-refractivity contribution in [3.8, 4) is 0 Å². The zero-order chi connectivity index (χ0) is 15.6. The zero-order valence-electron chi connectivity index (χ0n) is 11.7. The van der Waals surface area contributed by atoms with Crippen molar-refractivity contribution in [3.63, 3.8) is 0 Å². The third-order valence-electron chi connectivity index (χ3n) is 3.02. The van der Waals surface area contributed by atoms with E-state index in [4.69, 9.17) is 5.11 Å². The van der Waals surface area contributed by atoms with Gasteiger partial charge in [0.25, 0.3) is 5.91 Å². The molecule has 0 aliphatic rings. The average molecular weight is 309 g/mol. The summed E-state index contributed by atoms with van der Waals surface area (Å²) in [4.78, 5) is 23.7. The molecule has 0 aliphatic heterocycles. The number of hydrogen-bond donors (Lipinski definition) is 2. The molecule has 1 amide bonds. The van der Waals surface area contributed by atoms with E-state index in [9.17, 15) is 14.0 Å². The number of aliphatic carboxylic acids is 1. The van der Waals surface area contributed by atoms with Gasteiger partial charge in [0.2, 0.25) is 0 Å². The van der Waals surface area contributed by atoms with E-state index < -0.39 is 17.9 Å². The maximum atomic E-state index is 13.1. The van der Waals surface area contributed by atoms with Crippen LogP contribution in [0.25, 0.3) is 10.1 Å². The number of hydrogen-bond acceptors (Lipinski definition) is 3. The Balaban J connectivity index is 2.19. The molecule has 6 heteroatoms. The van der Waals surface area contributed by atoms with E-state index >= 15 is 0 Å². The smallest absolute Gasteiger partial charge is 0.326 e. The predicted molar refractivity (Wildman–Crippen MR) is 80.1 cm³/mol. The van der Waals surface area contributed by atoms with Gasteiger partial charge < -0.3 is 10.4 Å². The van der Waals surface area contributed by atoms with Crippen LogP contribution in [0.1, 0.15) is 29.9 Å². The fourth-order valence-electron chi connectivity index (χ4n) is 2.04. The fourth-order valence-corrected chi connectivity index (χ4v) is 3.03. The van der Waals surface area contributed by atoms with Gasteiger partial charge in [0.15, 0.2) is 0 Å². The molecule has 2 aromatic rings. The van der Waals surface area contributed by atoms with Crippen LogP contribution >= 0.6 is 11.3 Å². The van der Waals surface area contributed by atoms with Crippen LogP contribution in [-0.2, 0) is 4.79 Å². The second-order valence-electron chi connectivity index (χ2n) is 5.29. The minimum absolute atomic E-state index is 0.155. The zero-order valence-corrected chi connectivity index (χ0v) is 12.5. The first-order chi connectivity index (χ1) is 9.86. The number of thiophene rings is 1. The third kappa shape index (κ3) is 3.78. The van der Waals surface area contributed by atoms with E-state index in [-0.39, 0.29) is 11.7 Å². The number of amides is 1. The van der Waals surface area contributed by atoms with Crippen LogP contribution in [0.3, 0.4) is 0 Å². The van der Waals surface area contributed by atoms with Gasteiger partial charge in [-0.15, -0.1) is 11.3 Å². The maximum Gasteiger partial charge on any atom is 0.326 e. The minimum Gasteiger partial charge on any atom is -0.480 e. The van der Waals surface area contributed by atoms with Gasteiger partial charge in [0.1, 0.15) is 11.9 Å². The Bertz CT molecular complexity index is 681. The van der Waals surface area contributed by atoms with Crippen LogP contribution in [-0.4, -0.2) is 23.0 Å². The molecular formula is C15H16FNO3S. The SMILES string of the molecule is CC(C)CC(NC(=O)c1cc2ccc(F)cc2s1)C(=O)O. The Morgan fingerprint density at radius 2 is 2.05 bits per heavy atom. The lowest BCUT2D eigenvalue weighted by molar-refractivity contribution is -0.139.